The van der Waals surface area contributed by atoms with E-state index < -0.39 is 0 Å². The summed E-state index contributed by atoms with van der Waals surface area (Å²) in [6.07, 6.45) is 4.48. The number of rotatable bonds is 4. The van der Waals surface area contributed by atoms with Crippen molar-refractivity contribution in [1.82, 2.24) is 5.32 Å². The first-order valence-electron chi connectivity index (χ1n) is 5.96. The van der Waals surface area contributed by atoms with E-state index in [1.54, 1.807) is 0 Å². The largest absolute Gasteiger partial charge is 0.350 e. The predicted octanol–water partition coefficient (Wildman–Crippen LogP) is 2.56. The van der Waals surface area contributed by atoms with Gasteiger partial charge in [0.2, 0.25) is 5.91 Å². The Morgan fingerprint density at radius 1 is 1.40 bits per heavy atom. The van der Waals surface area contributed by atoms with Crippen LogP contribution in [0, 0.1) is 17.8 Å². The molecule has 3 heteroatoms. The Morgan fingerprint density at radius 3 is 2.47 bits per heavy atom. The average molecular weight is 230 g/mol. The van der Waals surface area contributed by atoms with Crippen molar-refractivity contribution in [2.45, 2.75) is 45.1 Å². The lowest BCUT2D eigenvalue weighted by molar-refractivity contribution is -0.126. The molecule has 2 aliphatic rings. The van der Waals surface area contributed by atoms with Crippen LogP contribution in [0.15, 0.2) is 0 Å². The van der Waals surface area contributed by atoms with E-state index in [2.05, 4.69) is 12.2 Å². The fraction of sp³-hybridized carbons (Fsp3) is 0.917. The molecule has 2 aliphatic carbocycles. The highest BCUT2D eigenvalue weighted by Gasteiger charge is 2.48. The monoisotopic (exact) mass is 229 g/mol. The van der Waals surface area contributed by atoms with Crippen molar-refractivity contribution in [3.8, 4) is 0 Å². The molecular formula is C12H20ClNO. The van der Waals surface area contributed by atoms with E-state index in [9.17, 15) is 4.79 Å². The lowest BCUT2D eigenvalue weighted by atomic mass is 9.97. The molecule has 2 fully saturated rings. The van der Waals surface area contributed by atoms with Gasteiger partial charge in [0.05, 0.1) is 5.54 Å². The molecule has 3 atom stereocenters. The second kappa shape index (κ2) is 3.97. The minimum Gasteiger partial charge on any atom is -0.350 e. The van der Waals surface area contributed by atoms with Crippen LogP contribution in [-0.4, -0.2) is 17.3 Å². The maximum atomic E-state index is 12.0. The van der Waals surface area contributed by atoms with Crippen LogP contribution in [0.3, 0.4) is 0 Å². The number of hydrogen-bond donors (Lipinski definition) is 1. The van der Waals surface area contributed by atoms with Crippen LogP contribution in [0.4, 0.5) is 0 Å². The number of hydrogen-bond acceptors (Lipinski definition) is 1. The van der Waals surface area contributed by atoms with E-state index in [-0.39, 0.29) is 17.4 Å². The summed E-state index contributed by atoms with van der Waals surface area (Å²) in [5.41, 5.74) is -0.217. The molecule has 0 aromatic heterocycles. The molecule has 2 rings (SSSR count). The minimum atomic E-state index is -0.217. The van der Waals surface area contributed by atoms with Gasteiger partial charge < -0.3 is 5.32 Å². The van der Waals surface area contributed by atoms with Crippen LogP contribution in [0.25, 0.3) is 0 Å². The zero-order valence-corrected chi connectivity index (χ0v) is 10.3. The maximum Gasteiger partial charge on any atom is 0.223 e. The molecule has 0 heterocycles. The highest BCUT2D eigenvalue weighted by atomic mass is 35.5. The van der Waals surface area contributed by atoms with Crippen LogP contribution < -0.4 is 5.32 Å². The van der Waals surface area contributed by atoms with Gasteiger partial charge in [0.15, 0.2) is 0 Å². The van der Waals surface area contributed by atoms with E-state index in [1.165, 1.54) is 6.42 Å². The number of fused-ring (bicyclic) bond motifs is 1. The summed E-state index contributed by atoms with van der Waals surface area (Å²) in [5.74, 6) is 2.72. The summed E-state index contributed by atoms with van der Waals surface area (Å²) in [6, 6.07) is 0. The van der Waals surface area contributed by atoms with Crippen LogP contribution in [0.2, 0.25) is 0 Å². The lowest BCUT2D eigenvalue weighted by Crippen LogP contribution is -2.49. The van der Waals surface area contributed by atoms with Crippen molar-refractivity contribution < 1.29 is 4.79 Å². The Hall–Kier alpha value is -0.240. The van der Waals surface area contributed by atoms with Gasteiger partial charge in [0.25, 0.3) is 0 Å². The molecule has 3 unspecified atom stereocenters. The zero-order chi connectivity index (χ0) is 11.1. The summed E-state index contributed by atoms with van der Waals surface area (Å²) in [5, 5.41) is 3.10. The summed E-state index contributed by atoms with van der Waals surface area (Å²) in [7, 11) is 0. The third-order valence-corrected chi connectivity index (χ3v) is 4.70. The second-order valence-corrected chi connectivity index (χ2v) is 5.73. The first-order valence-corrected chi connectivity index (χ1v) is 6.49. The molecule has 0 aliphatic heterocycles. The van der Waals surface area contributed by atoms with Crippen molar-refractivity contribution in [3.63, 3.8) is 0 Å². The fourth-order valence-corrected chi connectivity index (χ4v) is 2.80. The Balaban J connectivity index is 1.86. The molecule has 0 aromatic carbocycles. The molecule has 0 bridgehead atoms. The summed E-state index contributed by atoms with van der Waals surface area (Å²) in [4.78, 5) is 12.0. The highest BCUT2D eigenvalue weighted by Crippen LogP contribution is 2.54. The second-order valence-electron chi connectivity index (χ2n) is 5.46. The van der Waals surface area contributed by atoms with Gasteiger partial charge in [-0.1, -0.05) is 6.92 Å². The zero-order valence-electron chi connectivity index (χ0n) is 9.55. The summed E-state index contributed by atoms with van der Waals surface area (Å²) < 4.78 is 0. The summed E-state index contributed by atoms with van der Waals surface area (Å²) in [6.45, 7) is 4.09. The number of nitrogens with one attached hydrogen (secondary N) is 1. The van der Waals surface area contributed by atoms with Crippen LogP contribution in [0.1, 0.15) is 39.5 Å². The maximum absolute atomic E-state index is 12.0. The predicted molar refractivity (Wildman–Crippen MR) is 61.9 cm³/mol. The third-order valence-electron chi connectivity index (χ3n) is 4.11. The number of amides is 1. The number of carbonyl (C=O) groups excluding carboxylic acids is 1. The molecule has 1 N–H and O–H groups in total. The Labute approximate surface area is 96.8 Å². The third kappa shape index (κ3) is 2.30. The van der Waals surface area contributed by atoms with Crippen LogP contribution in [0.5, 0.6) is 0 Å². The van der Waals surface area contributed by atoms with Gasteiger partial charge >= 0.3 is 0 Å². The van der Waals surface area contributed by atoms with E-state index in [4.69, 9.17) is 11.6 Å². The van der Waals surface area contributed by atoms with Crippen molar-refractivity contribution in [2.75, 3.05) is 5.88 Å². The quantitative estimate of drug-likeness (QED) is 0.738. The van der Waals surface area contributed by atoms with E-state index in [0.717, 1.165) is 31.1 Å². The first-order chi connectivity index (χ1) is 7.08. The van der Waals surface area contributed by atoms with Gasteiger partial charge in [0.1, 0.15) is 0 Å². The standard InChI is InChI=1S/C12H20ClNO/c1-3-12(2,7-13)14-11(15)10-5-8-4-9(8)6-10/h8-10H,3-7H2,1-2H3,(H,14,15). The highest BCUT2D eigenvalue weighted by molar-refractivity contribution is 6.18. The van der Waals surface area contributed by atoms with Crippen molar-refractivity contribution >= 4 is 17.5 Å². The topological polar surface area (TPSA) is 29.1 Å². The van der Waals surface area contributed by atoms with E-state index in [1.807, 2.05) is 6.92 Å². The van der Waals surface area contributed by atoms with Gasteiger partial charge in [-0.2, -0.15) is 0 Å². The Kier molecular flexibility index (Phi) is 2.98. The van der Waals surface area contributed by atoms with E-state index in [0.29, 0.717) is 5.88 Å². The molecule has 15 heavy (non-hydrogen) atoms. The van der Waals surface area contributed by atoms with Gasteiger partial charge in [-0.3, -0.25) is 4.79 Å². The van der Waals surface area contributed by atoms with Crippen molar-refractivity contribution in [2.24, 2.45) is 17.8 Å². The van der Waals surface area contributed by atoms with Gasteiger partial charge in [-0.05, 0) is 44.4 Å². The summed E-state index contributed by atoms with van der Waals surface area (Å²) >= 11 is 5.88. The smallest absolute Gasteiger partial charge is 0.223 e. The van der Waals surface area contributed by atoms with Gasteiger partial charge in [-0.25, -0.2) is 0 Å². The molecular weight excluding hydrogens is 210 g/mol. The number of carbonyl (C=O) groups is 1. The SMILES string of the molecule is CCC(C)(CCl)NC(=O)C1CC2CC2C1. The van der Waals surface area contributed by atoms with Crippen LogP contribution in [-0.2, 0) is 4.79 Å². The Morgan fingerprint density at radius 2 is 2.00 bits per heavy atom. The van der Waals surface area contributed by atoms with Crippen molar-refractivity contribution in [3.05, 3.63) is 0 Å². The minimum absolute atomic E-state index is 0.217. The molecule has 2 nitrogen and oxygen atoms in total. The lowest BCUT2D eigenvalue weighted by Gasteiger charge is -2.29. The van der Waals surface area contributed by atoms with E-state index >= 15 is 0 Å². The fourth-order valence-electron chi connectivity index (χ4n) is 2.54. The Bertz CT molecular complexity index is 252. The molecule has 1 amide bonds. The molecule has 0 spiro atoms. The van der Waals surface area contributed by atoms with Crippen molar-refractivity contribution in [1.29, 1.82) is 0 Å². The van der Waals surface area contributed by atoms with Crippen LogP contribution >= 0.6 is 11.6 Å². The number of alkyl halides is 1. The molecule has 86 valence electrons. The average Bonchev–Trinajstić information content (AvgIpc) is 2.85. The normalized spacial score (nSPS) is 36.9. The molecule has 0 radical (unpaired) electrons. The molecule has 2 saturated carbocycles. The first kappa shape index (κ1) is 11.3. The van der Waals surface area contributed by atoms with Gasteiger partial charge in [-0.15, -0.1) is 11.6 Å². The molecule has 0 aromatic rings. The molecule has 0 saturated heterocycles. The number of halogens is 1. The van der Waals surface area contributed by atoms with Gasteiger partial charge in [0, 0.05) is 11.8 Å².